The molecule has 0 heterocycles. The summed E-state index contributed by atoms with van der Waals surface area (Å²) in [6.07, 6.45) is 2.95. The molecule has 0 aliphatic heterocycles. The van der Waals surface area contributed by atoms with E-state index in [0.717, 1.165) is 36.3 Å². The van der Waals surface area contributed by atoms with Crippen molar-refractivity contribution in [1.29, 1.82) is 0 Å². The molecular weight excluding hydrogens is 383 g/mol. The van der Waals surface area contributed by atoms with Gasteiger partial charge in [0.1, 0.15) is 11.6 Å². The maximum Gasteiger partial charge on any atom is 0.258 e. The van der Waals surface area contributed by atoms with E-state index in [1.807, 2.05) is 42.3 Å². The van der Waals surface area contributed by atoms with Gasteiger partial charge in [0.15, 0.2) is 12.6 Å². The van der Waals surface area contributed by atoms with Crippen molar-refractivity contribution in [3.05, 3.63) is 65.5 Å². The Labute approximate surface area is 177 Å². The highest BCUT2D eigenvalue weighted by molar-refractivity contribution is 5.79. The third-order valence-corrected chi connectivity index (χ3v) is 4.81. The first-order valence-corrected chi connectivity index (χ1v) is 10.2. The summed E-state index contributed by atoms with van der Waals surface area (Å²) in [5, 5.41) is 6.23. The molecule has 1 amide bonds. The van der Waals surface area contributed by atoms with Gasteiger partial charge in [0, 0.05) is 33.2 Å². The van der Waals surface area contributed by atoms with Crippen LogP contribution >= 0.6 is 0 Å². The maximum absolute atomic E-state index is 13.4. The van der Waals surface area contributed by atoms with E-state index in [1.165, 1.54) is 12.1 Å². The summed E-state index contributed by atoms with van der Waals surface area (Å²) < 4.78 is 18.9. The zero-order valence-electron chi connectivity index (χ0n) is 17.5. The fourth-order valence-electron chi connectivity index (χ4n) is 3.09. The summed E-state index contributed by atoms with van der Waals surface area (Å²) in [6, 6.07) is 14.7. The number of hydrogen-bond acceptors (Lipinski definition) is 3. The van der Waals surface area contributed by atoms with Crippen molar-refractivity contribution in [2.75, 3.05) is 27.2 Å². The first-order chi connectivity index (χ1) is 14.5. The Morgan fingerprint density at radius 3 is 2.63 bits per heavy atom. The van der Waals surface area contributed by atoms with E-state index >= 15 is 0 Å². The van der Waals surface area contributed by atoms with Gasteiger partial charge in [-0.2, -0.15) is 0 Å². The molecule has 0 unspecified atom stereocenters. The molecule has 1 aliphatic rings. The summed E-state index contributed by atoms with van der Waals surface area (Å²) in [4.78, 5) is 17.9. The standard InChI is InChI=1S/C23H29FN4O2/c1-25-23(28(2)15-18-4-3-5-19(24)14-18)26-13-12-17-6-10-21(11-7-17)30-16-22(29)27-20-8-9-20/h3-7,10-11,14,20H,8-9,12-13,15-16H2,1-2H3,(H,25,26)(H,27,29). The zero-order chi connectivity index (χ0) is 21.3. The van der Waals surface area contributed by atoms with Gasteiger partial charge >= 0.3 is 0 Å². The van der Waals surface area contributed by atoms with E-state index in [9.17, 15) is 9.18 Å². The van der Waals surface area contributed by atoms with Crippen LogP contribution < -0.4 is 15.4 Å². The smallest absolute Gasteiger partial charge is 0.258 e. The molecule has 6 nitrogen and oxygen atoms in total. The predicted molar refractivity (Wildman–Crippen MR) is 116 cm³/mol. The number of ether oxygens (including phenoxy) is 1. The van der Waals surface area contributed by atoms with Crippen LogP contribution in [0.1, 0.15) is 24.0 Å². The third-order valence-electron chi connectivity index (χ3n) is 4.81. The second-order valence-corrected chi connectivity index (χ2v) is 7.48. The quantitative estimate of drug-likeness (QED) is 0.491. The SMILES string of the molecule is CN=C(NCCc1ccc(OCC(=O)NC2CC2)cc1)N(C)Cc1cccc(F)c1. The Morgan fingerprint density at radius 1 is 1.20 bits per heavy atom. The molecule has 2 aromatic rings. The fraction of sp³-hybridized carbons (Fsp3) is 0.391. The van der Waals surface area contributed by atoms with E-state index < -0.39 is 0 Å². The highest BCUT2D eigenvalue weighted by Gasteiger charge is 2.23. The molecule has 7 heteroatoms. The first kappa shape index (κ1) is 21.6. The lowest BCUT2D eigenvalue weighted by Gasteiger charge is -2.22. The van der Waals surface area contributed by atoms with Crippen molar-refractivity contribution in [3.63, 3.8) is 0 Å². The number of hydrogen-bond donors (Lipinski definition) is 2. The van der Waals surface area contributed by atoms with Gasteiger partial charge in [0.25, 0.3) is 5.91 Å². The second kappa shape index (κ2) is 10.6. The molecule has 160 valence electrons. The molecule has 0 atom stereocenters. The number of aliphatic imine (C=N–C) groups is 1. The first-order valence-electron chi connectivity index (χ1n) is 10.2. The van der Waals surface area contributed by atoms with Crippen LogP contribution in [0.15, 0.2) is 53.5 Å². The Kier molecular flexibility index (Phi) is 7.65. The molecule has 2 aromatic carbocycles. The van der Waals surface area contributed by atoms with Crippen LogP contribution in [0.2, 0.25) is 0 Å². The summed E-state index contributed by atoms with van der Waals surface area (Å²) in [7, 11) is 3.65. The van der Waals surface area contributed by atoms with Crippen LogP contribution in [-0.2, 0) is 17.8 Å². The Hall–Kier alpha value is -3.09. The number of amides is 1. The molecular formula is C23H29FN4O2. The lowest BCUT2D eigenvalue weighted by atomic mass is 10.1. The van der Waals surface area contributed by atoms with Gasteiger partial charge < -0.3 is 20.3 Å². The van der Waals surface area contributed by atoms with Crippen LogP contribution in [0.4, 0.5) is 4.39 Å². The lowest BCUT2D eigenvalue weighted by Crippen LogP contribution is -2.39. The molecule has 0 spiro atoms. The summed E-state index contributed by atoms with van der Waals surface area (Å²) in [6.45, 7) is 1.33. The van der Waals surface area contributed by atoms with Crippen molar-refractivity contribution < 1.29 is 13.9 Å². The van der Waals surface area contributed by atoms with Crippen LogP contribution in [0.5, 0.6) is 5.75 Å². The fourth-order valence-corrected chi connectivity index (χ4v) is 3.09. The van der Waals surface area contributed by atoms with Crippen LogP contribution in [0.25, 0.3) is 0 Å². The van der Waals surface area contributed by atoms with E-state index in [-0.39, 0.29) is 18.3 Å². The van der Waals surface area contributed by atoms with Gasteiger partial charge in [0.05, 0.1) is 0 Å². The van der Waals surface area contributed by atoms with Crippen molar-refractivity contribution in [3.8, 4) is 5.75 Å². The zero-order valence-corrected chi connectivity index (χ0v) is 17.5. The molecule has 2 N–H and O–H groups in total. The van der Waals surface area contributed by atoms with E-state index in [1.54, 1.807) is 13.1 Å². The van der Waals surface area contributed by atoms with Crippen molar-refractivity contribution in [2.24, 2.45) is 4.99 Å². The van der Waals surface area contributed by atoms with Gasteiger partial charge in [-0.25, -0.2) is 4.39 Å². The largest absolute Gasteiger partial charge is 0.484 e. The predicted octanol–water partition coefficient (Wildman–Crippen LogP) is 2.73. The number of carbonyl (C=O) groups excluding carboxylic acids is 1. The number of nitrogens with zero attached hydrogens (tertiary/aromatic N) is 2. The topological polar surface area (TPSA) is 66.0 Å². The minimum Gasteiger partial charge on any atom is -0.484 e. The molecule has 0 radical (unpaired) electrons. The molecule has 0 bridgehead atoms. The van der Waals surface area contributed by atoms with Crippen molar-refractivity contribution in [1.82, 2.24) is 15.5 Å². The molecule has 1 saturated carbocycles. The Morgan fingerprint density at radius 2 is 1.97 bits per heavy atom. The van der Waals surface area contributed by atoms with E-state index in [4.69, 9.17) is 4.74 Å². The maximum atomic E-state index is 13.4. The highest BCUT2D eigenvalue weighted by atomic mass is 19.1. The van der Waals surface area contributed by atoms with Gasteiger partial charge in [0.2, 0.25) is 0 Å². The minimum atomic E-state index is -0.236. The van der Waals surface area contributed by atoms with Gasteiger partial charge in [-0.05, 0) is 54.7 Å². The molecule has 30 heavy (non-hydrogen) atoms. The van der Waals surface area contributed by atoms with Crippen molar-refractivity contribution in [2.45, 2.75) is 31.8 Å². The second-order valence-electron chi connectivity index (χ2n) is 7.48. The lowest BCUT2D eigenvalue weighted by molar-refractivity contribution is -0.123. The van der Waals surface area contributed by atoms with E-state index in [2.05, 4.69) is 15.6 Å². The summed E-state index contributed by atoms with van der Waals surface area (Å²) in [5.74, 6) is 1.13. The molecule has 1 fully saturated rings. The van der Waals surface area contributed by atoms with E-state index in [0.29, 0.717) is 24.9 Å². The number of carbonyl (C=O) groups is 1. The minimum absolute atomic E-state index is 0.0470. The summed E-state index contributed by atoms with van der Waals surface area (Å²) in [5.41, 5.74) is 2.04. The van der Waals surface area contributed by atoms with Crippen LogP contribution in [-0.4, -0.2) is 50.1 Å². The molecule has 0 saturated heterocycles. The van der Waals surface area contributed by atoms with Crippen molar-refractivity contribution >= 4 is 11.9 Å². The number of rotatable bonds is 9. The Balaban J connectivity index is 1.40. The monoisotopic (exact) mass is 412 g/mol. The number of benzene rings is 2. The number of nitrogens with one attached hydrogen (secondary N) is 2. The average molecular weight is 413 g/mol. The van der Waals surface area contributed by atoms with Gasteiger partial charge in [-0.15, -0.1) is 0 Å². The average Bonchev–Trinajstić information content (AvgIpc) is 3.54. The number of guanidine groups is 1. The Bertz CT molecular complexity index is 866. The van der Waals surface area contributed by atoms with Crippen LogP contribution in [0, 0.1) is 5.82 Å². The molecule has 3 rings (SSSR count). The number of halogens is 1. The summed E-state index contributed by atoms with van der Waals surface area (Å²) >= 11 is 0. The van der Waals surface area contributed by atoms with Gasteiger partial charge in [-0.1, -0.05) is 24.3 Å². The normalized spacial score (nSPS) is 13.6. The highest BCUT2D eigenvalue weighted by Crippen LogP contribution is 2.18. The molecule has 1 aliphatic carbocycles. The third kappa shape index (κ3) is 7.06. The van der Waals surface area contributed by atoms with Crippen LogP contribution in [0.3, 0.4) is 0 Å². The molecule has 0 aromatic heterocycles. The van der Waals surface area contributed by atoms with Gasteiger partial charge in [-0.3, -0.25) is 9.79 Å².